The predicted octanol–water partition coefficient (Wildman–Crippen LogP) is 2.23. The van der Waals surface area contributed by atoms with E-state index in [9.17, 15) is 9.90 Å². The smallest absolute Gasteiger partial charge is 0.149 e. The maximum atomic E-state index is 10.4. The molecule has 0 aromatic heterocycles. The van der Waals surface area contributed by atoms with Crippen molar-refractivity contribution in [3.05, 3.63) is 11.0 Å². The summed E-state index contributed by atoms with van der Waals surface area (Å²) < 4.78 is 0. The minimum absolute atomic E-state index is 0.349. The summed E-state index contributed by atoms with van der Waals surface area (Å²) in [5.74, 6) is 0.748. The van der Waals surface area contributed by atoms with Gasteiger partial charge in [-0.05, 0) is 19.3 Å². The summed E-state index contributed by atoms with van der Waals surface area (Å²) in [5.41, 5.74) is 0.889. The van der Waals surface area contributed by atoms with Gasteiger partial charge in [0, 0.05) is 11.2 Å². The van der Waals surface area contributed by atoms with E-state index < -0.39 is 6.10 Å². The van der Waals surface area contributed by atoms with E-state index in [1.807, 2.05) is 33.1 Å². The lowest BCUT2D eigenvalue weighted by atomic mass is 9.90. The number of thioether (sulfide) groups is 1. The van der Waals surface area contributed by atoms with Gasteiger partial charge in [-0.15, -0.1) is 11.8 Å². The Morgan fingerprint density at radius 3 is 2.46 bits per heavy atom. The Balaban J connectivity index is 4.03. The van der Waals surface area contributed by atoms with Crippen molar-refractivity contribution in [2.45, 2.75) is 33.8 Å². The van der Waals surface area contributed by atoms with Crippen LogP contribution in [0, 0.1) is 5.41 Å². The number of aldehydes is 1. The van der Waals surface area contributed by atoms with E-state index in [4.69, 9.17) is 0 Å². The fourth-order valence-electron chi connectivity index (χ4n) is 0.693. The van der Waals surface area contributed by atoms with Crippen LogP contribution in [0.5, 0.6) is 0 Å². The zero-order valence-corrected chi connectivity index (χ0v) is 9.52. The van der Waals surface area contributed by atoms with Gasteiger partial charge in [0.05, 0.1) is 0 Å². The molecule has 0 spiro atoms. The molecular formula is C10H18O2S. The fourth-order valence-corrected chi connectivity index (χ4v) is 1.71. The zero-order chi connectivity index (χ0) is 10.5. The normalized spacial score (nSPS) is 13.6. The Bertz CT molecular complexity index is 193. The minimum atomic E-state index is -0.870. The van der Waals surface area contributed by atoms with Crippen LogP contribution < -0.4 is 0 Å². The number of rotatable bonds is 5. The molecular weight excluding hydrogens is 184 g/mol. The maximum Gasteiger partial charge on any atom is 0.149 e. The van der Waals surface area contributed by atoms with Crippen LogP contribution in [-0.4, -0.2) is 23.2 Å². The van der Waals surface area contributed by atoms with Crippen molar-refractivity contribution in [3.63, 3.8) is 0 Å². The molecule has 0 aliphatic heterocycles. The van der Waals surface area contributed by atoms with Gasteiger partial charge >= 0.3 is 0 Å². The monoisotopic (exact) mass is 202 g/mol. The quantitative estimate of drug-likeness (QED) is 0.695. The molecule has 0 radical (unpaired) electrons. The Hall–Kier alpha value is -0.280. The predicted molar refractivity (Wildman–Crippen MR) is 57.7 cm³/mol. The van der Waals surface area contributed by atoms with Crippen LogP contribution in [-0.2, 0) is 4.79 Å². The molecule has 0 amide bonds. The van der Waals surface area contributed by atoms with Crippen LogP contribution in [0.2, 0.25) is 0 Å². The van der Waals surface area contributed by atoms with Crippen molar-refractivity contribution in [2.24, 2.45) is 5.41 Å². The number of allylic oxidation sites excluding steroid dienone is 1. The van der Waals surface area contributed by atoms with E-state index in [1.54, 1.807) is 11.8 Å². The highest BCUT2D eigenvalue weighted by atomic mass is 32.2. The highest BCUT2D eigenvalue weighted by Crippen LogP contribution is 2.26. The highest BCUT2D eigenvalue weighted by Gasteiger charge is 2.26. The standard InChI is InChI=1S/C10H18O2S/c1-8(2)6-13-7-10(3,4)9(12)5-11/h5-6,9,12H,7H2,1-4H3. The second-order valence-corrected chi connectivity index (χ2v) is 4.93. The topological polar surface area (TPSA) is 37.3 Å². The third kappa shape index (κ3) is 5.11. The van der Waals surface area contributed by atoms with E-state index in [0.29, 0.717) is 6.29 Å². The molecule has 1 N–H and O–H groups in total. The molecule has 0 rings (SSSR count). The van der Waals surface area contributed by atoms with Crippen LogP contribution in [0.3, 0.4) is 0 Å². The summed E-state index contributed by atoms with van der Waals surface area (Å²) in [5, 5.41) is 11.4. The van der Waals surface area contributed by atoms with Crippen LogP contribution in [0.25, 0.3) is 0 Å². The summed E-state index contributed by atoms with van der Waals surface area (Å²) in [4.78, 5) is 10.4. The Morgan fingerprint density at radius 1 is 1.54 bits per heavy atom. The van der Waals surface area contributed by atoms with Gasteiger partial charge in [-0.3, -0.25) is 0 Å². The SMILES string of the molecule is CC(C)=CSCC(C)(C)C(O)C=O. The Kier molecular flexibility index (Phi) is 5.33. The second-order valence-electron chi connectivity index (χ2n) is 4.08. The van der Waals surface area contributed by atoms with E-state index in [0.717, 1.165) is 5.75 Å². The van der Waals surface area contributed by atoms with Gasteiger partial charge in [0.1, 0.15) is 12.4 Å². The third-order valence-corrected chi connectivity index (χ3v) is 3.25. The van der Waals surface area contributed by atoms with Gasteiger partial charge in [0.2, 0.25) is 0 Å². The minimum Gasteiger partial charge on any atom is -0.385 e. The number of hydrogen-bond acceptors (Lipinski definition) is 3. The van der Waals surface area contributed by atoms with Gasteiger partial charge in [0.25, 0.3) is 0 Å². The van der Waals surface area contributed by atoms with Crippen molar-refractivity contribution in [1.82, 2.24) is 0 Å². The molecule has 1 atom stereocenters. The van der Waals surface area contributed by atoms with Gasteiger partial charge < -0.3 is 9.90 Å². The van der Waals surface area contributed by atoms with Gasteiger partial charge in [0.15, 0.2) is 0 Å². The summed E-state index contributed by atoms with van der Waals surface area (Å²) >= 11 is 1.63. The first-order valence-corrected chi connectivity index (χ1v) is 5.33. The molecule has 0 aliphatic carbocycles. The molecule has 0 bridgehead atoms. The molecule has 0 aliphatic rings. The van der Waals surface area contributed by atoms with Gasteiger partial charge in [-0.25, -0.2) is 0 Å². The highest BCUT2D eigenvalue weighted by molar-refractivity contribution is 8.02. The summed E-state index contributed by atoms with van der Waals surface area (Å²) in [6.07, 6.45) is -0.270. The average Bonchev–Trinajstić information content (AvgIpc) is 2.01. The third-order valence-electron chi connectivity index (χ3n) is 1.70. The molecule has 1 unspecified atom stereocenters. The molecule has 0 saturated carbocycles. The summed E-state index contributed by atoms with van der Waals surface area (Å²) in [6.45, 7) is 7.82. The summed E-state index contributed by atoms with van der Waals surface area (Å²) in [6, 6.07) is 0. The largest absolute Gasteiger partial charge is 0.385 e. The van der Waals surface area contributed by atoms with Crippen molar-refractivity contribution in [3.8, 4) is 0 Å². The fraction of sp³-hybridized carbons (Fsp3) is 0.700. The number of hydrogen-bond donors (Lipinski definition) is 1. The molecule has 0 heterocycles. The zero-order valence-electron chi connectivity index (χ0n) is 8.70. The lowest BCUT2D eigenvalue weighted by Gasteiger charge is -2.25. The van der Waals surface area contributed by atoms with Crippen molar-refractivity contribution < 1.29 is 9.90 Å². The van der Waals surface area contributed by atoms with Crippen LogP contribution in [0.1, 0.15) is 27.7 Å². The van der Waals surface area contributed by atoms with E-state index in [1.165, 1.54) is 5.57 Å². The summed E-state index contributed by atoms with van der Waals surface area (Å²) in [7, 11) is 0. The van der Waals surface area contributed by atoms with Crippen LogP contribution in [0.15, 0.2) is 11.0 Å². The maximum absolute atomic E-state index is 10.4. The van der Waals surface area contributed by atoms with Gasteiger partial charge in [-0.2, -0.15) is 0 Å². The Labute approximate surface area is 84.4 Å². The first-order chi connectivity index (χ1) is 5.90. The second kappa shape index (κ2) is 5.45. The first kappa shape index (κ1) is 12.7. The van der Waals surface area contributed by atoms with Crippen LogP contribution >= 0.6 is 11.8 Å². The van der Waals surface area contributed by atoms with Crippen molar-refractivity contribution >= 4 is 18.0 Å². The lowest BCUT2D eigenvalue weighted by Crippen LogP contribution is -2.32. The molecule has 0 fully saturated rings. The number of aliphatic hydroxyl groups excluding tert-OH is 1. The van der Waals surface area contributed by atoms with Crippen molar-refractivity contribution in [2.75, 3.05) is 5.75 Å². The molecule has 0 aromatic rings. The molecule has 3 heteroatoms. The first-order valence-electron chi connectivity index (χ1n) is 4.28. The molecule has 0 aromatic carbocycles. The molecule has 76 valence electrons. The van der Waals surface area contributed by atoms with E-state index in [2.05, 4.69) is 0 Å². The molecule has 13 heavy (non-hydrogen) atoms. The molecule has 2 nitrogen and oxygen atoms in total. The number of aliphatic hydroxyl groups is 1. The van der Waals surface area contributed by atoms with Gasteiger partial charge in [-0.1, -0.05) is 19.4 Å². The lowest BCUT2D eigenvalue weighted by molar-refractivity contribution is -0.119. The van der Waals surface area contributed by atoms with Crippen molar-refractivity contribution in [1.29, 1.82) is 0 Å². The Morgan fingerprint density at radius 2 is 2.08 bits per heavy atom. The molecule has 0 saturated heterocycles. The van der Waals surface area contributed by atoms with E-state index in [-0.39, 0.29) is 5.41 Å². The van der Waals surface area contributed by atoms with Crippen LogP contribution in [0.4, 0.5) is 0 Å². The number of carbonyl (C=O) groups is 1. The van der Waals surface area contributed by atoms with E-state index >= 15 is 0 Å². The average molecular weight is 202 g/mol. The number of carbonyl (C=O) groups excluding carboxylic acids is 1.